The number of hydrogen-bond acceptors (Lipinski definition) is 4. The Morgan fingerprint density at radius 1 is 1.07 bits per heavy atom. The lowest BCUT2D eigenvalue weighted by Gasteiger charge is -2.25. The zero-order valence-corrected chi connectivity index (χ0v) is 16.3. The van der Waals surface area contributed by atoms with Gasteiger partial charge in [0.2, 0.25) is 5.91 Å². The van der Waals surface area contributed by atoms with Crippen molar-refractivity contribution in [3.63, 3.8) is 0 Å². The van der Waals surface area contributed by atoms with Crippen LogP contribution in [0.5, 0.6) is 0 Å². The molecule has 2 aliphatic heterocycles. The number of rotatable bonds is 5. The minimum Gasteiger partial charge on any atom is -0.328 e. The topological polar surface area (TPSA) is 56.2 Å². The van der Waals surface area contributed by atoms with Crippen LogP contribution in [0, 0.1) is 5.92 Å². The Bertz CT molecular complexity index is 796. The maximum Gasteiger partial charge on any atom is 0.256 e. The van der Waals surface area contributed by atoms with Crippen molar-refractivity contribution in [2.45, 2.75) is 44.1 Å². The number of carbonyl (C=O) groups excluding carboxylic acids is 2. The van der Waals surface area contributed by atoms with E-state index in [1.54, 1.807) is 0 Å². The van der Waals surface area contributed by atoms with Gasteiger partial charge in [-0.3, -0.25) is 24.4 Å². The molecule has 1 saturated heterocycles. The van der Waals surface area contributed by atoms with Crippen molar-refractivity contribution in [3.05, 3.63) is 35.9 Å². The van der Waals surface area contributed by atoms with E-state index in [4.69, 9.17) is 4.99 Å². The molecule has 5 rings (SSSR count). The molecule has 2 aliphatic carbocycles. The molecule has 0 N–H and O–H groups in total. The van der Waals surface area contributed by atoms with Crippen molar-refractivity contribution in [3.8, 4) is 0 Å². The van der Waals surface area contributed by atoms with Crippen LogP contribution in [0.2, 0.25) is 0 Å². The number of carbonyl (C=O) groups is 2. The molecule has 1 aromatic carbocycles. The van der Waals surface area contributed by atoms with Gasteiger partial charge in [-0.25, -0.2) is 0 Å². The zero-order chi connectivity index (χ0) is 19.1. The predicted octanol–water partition coefficient (Wildman–Crippen LogP) is 2.10. The molecule has 4 aliphatic rings. The van der Waals surface area contributed by atoms with E-state index in [2.05, 4.69) is 4.90 Å². The van der Waals surface area contributed by atoms with Gasteiger partial charge in [0.1, 0.15) is 11.4 Å². The molecule has 2 amide bonds. The maximum absolute atomic E-state index is 13.3. The van der Waals surface area contributed by atoms with E-state index in [1.807, 2.05) is 40.1 Å². The first kappa shape index (κ1) is 17.9. The summed E-state index contributed by atoms with van der Waals surface area (Å²) in [6.07, 6.45) is 6.00. The Balaban J connectivity index is 1.29. The van der Waals surface area contributed by atoms with Crippen LogP contribution in [0.1, 0.15) is 44.1 Å². The molecule has 148 valence electrons. The van der Waals surface area contributed by atoms with Crippen LogP contribution in [0.25, 0.3) is 0 Å². The Morgan fingerprint density at radius 2 is 1.82 bits per heavy atom. The fraction of sp³-hybridized carbons (Fsp3) is 0.591. The molecule has 3 fully saturated rings. The predicted molar refractivity (Wildman–Crippen MR) is 107 cm³/mol. The summed E-state index contributed by atoms with van der Waals surface area (Å²) in [5.74, 6) is 1.60. The van der Waals surface area contributed by atoms with Crippen molar-refractivity contribution in [1.29, 1.82) is 0 Å². The molecule has 1 spiro atoms. The summed E-state index contributed by atoms with van der Waals surface area (Å²) in [7, 11) is 0. The molecule has 0 radical (unpaired) electrons. The number of nitrogens with zero attached hydrogens (tertiary/aromatic N) is 4. The number of benzene rings is 1. The van der Waals surface area contributed by atoms with Gasteiger partial charge in [0.05, 0.1) is 6.67 Å². The second kappa shape index (κ2) is 6.99. The monoisotopic (exact) mass is 380 g/mol. The van der Waals surface area contributed by atoms with Crippen LogP contribution < -0.4 is 0 Å². The largest absolute Gasteiger partial charge is 0.328 e. The van der Waals surface area contributed by atoms with Crippen LogP contribution in [0.15, 0.2) is 35.3 Å². The van der Waals surface area contributed by atoms with E-state index >= 15 is 0 Å². The number of aliphatic imine (C=N–C) groups is 1. The Morgan fingerprint density at radius 3 is 2.54 bits per heavy atom. The quantitative estimate of drug-likeness (QED) is 0.786. The van der Waals surface area contributed by atoms with Gasteiger partial charge in [-0.1, -0.05) is 43.2 Å². The molecule has 6 nitrogen and oxygen atoms in total. The van der Waals surface area contributed by atoms with Crippen LogP contribution >= 0.6 is 0 Å². The molecular weight excluding hydrogens is 352 g/mol. The van der Waals surface area contributed by atoms with Gasteiger partial charge in [0.15, 0.2) is 0 Å². The third-order valence-electron chi connectivity index (χ3n) is 6.62. The molecular formula is C22H28N4O2. The molecule has 0 bridgehead atoms. The Kier molecular flexibility index (Phi) is 4.46. The summed E-state index contributed by atoms with van der Waals surface area (Å²) in [5, 5.41) is 0. The smallest absolute Gasteiger partial charge is 0.256 e. The first-order chi connectivity index (χ1) is 13.7. The van der Waals surface area contributed by atoms with E-state index in [-0.39, 0.29) is 11.8 Å². The second-order valence-electron chi connectivity index (χ2n) is 8.63. The SMILES string of the molecule is O=C(C1CC1)N1CCN(CCN2C(=O)C3(CCCC3)N=C2c2ccccc2)C1. The normalized spacial score (nSPS) is 24.4. The molecule has 28 heavy (non-hydrogen) atoms. The molecule has 2 saturated carbocycles. The summed E-state index contributed by atoms with van der Waals surface area (Å²) >= 11 is 0. The van der Waals surface area contributed by atoms with Gasteiger partial charge in [0, 0.05) is 37.7 Å². The highest BCUT2D eigenvalue weighted by Crippen LogP contribution is 2.39. The third kappa shape index (κ3) is 3.13. The molecule has 2 heterocycles. The highest BCUT2D eigenvalue weighted by molar-refractivity contribution is 6.15. The average molecular weight is 380 g/mol. The molecule has 1 aromatic rings. The lowest BCUT2D eigenvalue weighted by Crippen LogP contribution is -2.45. The van der Waals surface area contributed by atoms with Gasteiger partial charge in [0.25, 0.3) is 5.91 Å². The maximum atomic E-state index is 13.3. The second-order valence-corrected chi connectivity index (χ2v) is 8.63. The van der Waals surface area contributed by atoms with Crippen molar-refractivity contribution in [2.24, 2.45) is 10.9 Å². The number of hydrogen-bond donors (Lipinski definition) is 0. The van der Waals surface area contributed by atoms with Crippen molar-refractivity contribution in [1.82, 2.24) is 14.7 Å². The summed E-state index contributed by atoms with van der Waals surface area (Å²) in [6, 6.07) is 10.1. The molecule has 6 heteroatoms. The fourth-order valence-electron chi connectivity index (χ4n) is 4.80. The summed E-state index contributed by atoms with van der Waals surface area (Å²) in [6.45, 7) is 3.82. The van der Waals surface area contributed by atoms with Crippen LogP contribution in [0.4, 0.5) is 0 Å². The highest BCUT2D eigenvalue weighted by atomic mass is 16.2. The van der Waals surface area contributed by atoms with Crippen molar-refractivity contribution >= 4 is 17.6 Å². The van der Waals surface area contributed by atoms with Gasteiger partial charge in [-0.2, -0.15) is 0 Å². The summed E-state index contributed by atoms with van der Waals surface area (Å²) < 4.78 is 0. The van der Waals surface area contributed by atoms with E-state index in [1.165, 1.54) is 0 Å². The molecule has 0 unspecified atom stereocenters. The Hall–Kier alpha value is -2.21. The van der Waals surface area contributed by atoms with E-state index in [0.29, 0.717) is 19.1 Å². The van der Waals surface area contributed by atoms with Gasteiger partial charge in [-0.15, -0.1) is 0 Å². The fourth-order valence-corrected chi connectivity index (χ4v) is 4.80. The summed E-state index contributed by atoms with van der Waals surface area (Å²) in [5.41, 5.74) is 0.496. The minimum absolute atomic E-state index is 0.175. The van der Waals surface area contributed by atoms with Crippen molar-refractivity contribution < 1.29 is 9.59 Å². The minimum atomic E-state index is -0.524. The van der Waals surface area contributed by atoms with Crippen molar-refractivity contribution in [2.75, 3.05) is 32.8 Å². The highest BCUT2D eigenvalue weighted by Gasteiger charge is 2.49. The van der Waals surface area contributed by atoms with Crippen LogP contribution in [-0.4, -0.2) is 70.7 Å². The van der Waals surface area contributed by atoms with Gasteiger partial charge >= 0.3 is 0 Å². The molecule has 0 aromatic heterocycles. The zero-order valence-electron chi connectivity index (χ0n) is 16.3. The van der Waals surface area contributed by atoms with Crippen LogP contribution in [0.3, 0.4) is 0 Å². The van der Waals surface area contributed by atoms with Crippen LogP contribution in [-0.2, 0) is 9.59 Å². The van der Waals surface area contributed by atoms with Gasteiger partial charge in [-0.05, 0) is 25.7 Å². The number of amides is 2. The van der Waals surface area contributed by atoms with Gasteiger partial charge < -0.3 is 4.90 Å². The first-order valence-corrected chi connectivity index (χ1v) is 10.6. The van der Waals surface area contributed by atoms with E-state index in [0.717, 1.165) is 69.6 Å². The first-order valence-electron chi connectivity index (χ1n) is 10.6. The summed E-state index contributed by atoms with van der Waals surface area (Å²) in [4.78, 5) is 36.8. The third-order valence-corrected chi connectivity index (χ3v) is 6.62. The van der Waals surface area contributed by atoms with E-state index in [9.17, 15) is 9.59 Å². The Labute approximate surface area is 166 Å². The lowest BCUT2D eigenvalue weighted by atomic mass is 9.98. The average Bonchev–Trinajstić information content (AvgIpc) is 3.17. The number of amidine groups is 1. The lowest BCUT2D eigenvalue weighted by molar-refractivity contribution is -0.133. The van der Waals surface area contributed by atoms with E-state index < -0.39 is 5.54 Å². The molecule has 0 atom stereocenters. The standard InChI is InChI=1S/C22H28N4O2/c27-20(18-8-9-18)25-14-12-24(16-25)13-15-26-19(17-6-2-1-3-7-17)23-22(21(26)28)10-4-5-11-22/h1-3,6-7,18H,4-5,8-16H2.